The fraction of sp³-hybridized carbons (Fsp3) is 0.692. The lowest BCUT2D eigenvalue weighted by atomic mass is 9.90. The molecule has 0 aromatic rings. The third-order valence-electron chi connectivity index (χ3n) is 3.14. The number of rotatable bonds is 6. The van der Waals surface area contributed by atoms with Crippen molar-refractivity contribution >= 4 is 12.0 Å². The Labute approximate surface area is 112 Å². The highest BCUT2D eigenvalue weighted by molar-refractivity contribution is 5.86. The number of terminal acetylenes is 1. The number of nitrogens with one attached hydrogen (secondary N) is 2. The third kappa shape index (κ3) is 4.79. The van der Waals surface area contributed by atoms with Crippen molar-refractivity contribution in [2.75, 3.05) is 19.8 Å². The number of amides is 2. The predicted octanol–water partition coefficient (Wildman–Crippen LogP) is 0.723. The van der Waals surface area contributed by atoms with Gasteiger partial charge in [-0.05, 0) is 12.8 Å². The maximum Gasteiger partial charge on any atom is 0.329 e. The van der Waals surface area contributed by atoms with Gasteiger partial charge in [0.1, 0.15) is 5.54 Å². The summed E-state index contributed by atoms with van der Waals surface area (Å²) in [6, 6.07) is -0.454. The molecule has 0 aromatic heterocycles. The second kappa shape index (κ2) is 7.64. The number of hydrogen-bond donors (Lipinski definition) is 3. The topological polar surface area (TPSA) is 87.7 Å². The van der Waals surface area contributed by atoms with Crippen LogP contribution >= 0.6 is 0 Å². The number of carbonyl (C=O) groups excluding carboxylic acids is 1. The maximum atomic E-state index is 11.7. The van der Waals surface area contributed by atoms with Crippen molar-refractivity contribution in [2.45, 2.75) is 37.6 Å². The molecular formula is C13H20N2O4. The number of aliphatic carboxylic acids is 1. The fourth-order valence-corrected chi connectivity index (χ4v) is 1.93. The van der Waals surface area contributed by atoms with Crippen molar-refractivity contribution < 1.29 is 19.4 Å². The summed E-state index contributed by atoms with van der Waals surface area (Å²) in [6.45, 7) is 1.17. The van der Waals surface area contributed by atoms with Crippen LogP contribution < -0.4 is 10.6 Å². The summed E-state index contributed by atoms with van der Waals surface area (Å²) in [7, 11) is 0. The van der Waals surface area contributed by atoms with E-state index in [1.54, 1.807) is 0 Å². The zero-order valence-electron chi connectivity index (χ0n) is 10.9. The molecule has 19 heavy (non-hydrogen) atoms. The summed E-state index contributed by atoms with van der Waals surface area (Å²) in [5, 5.41) is 14.5. The van der Waals surface area contributed by atoms with Gasteiger partial charge in [0.2, 0.25) is 0 Å². The Hall–Kier alpha value is -1.74. The molecule has 106 valence electrons. The fourth-order valence-electron chi connectivity index (χ4n) is 1.93. The van der Waals surface area contributed by atoms with Crippen molar-refractivity contribution in [3.8, 4) is 12.3 Å². The monoisotopic (exact) mass is 268 g/mol. The number of unbranched alkanes of at least 4 members (excludes halogenated alkanes) is 2. The van der Waals surface area contributed by atoms with Crippen molar-refractivity contribution in [3.05, 3.63) is 0 Å². The largest absolute Gasteiger partial charge is 0.480 e. The Morgan fingerprint density at radius 3 is 2.58 bits per heavy atom. The molecule has 1 aliphatic heterocycles. The van der Waals surface area contributed by atoms with Gasteiger partial charge in [-0.25, -0.2) is 9.59 Å². The van der Waals surface area contributed by atoms with E-state index in [4.69, 9.17) is 11.2 Å². The lowest BCUT2D eigenvalue weighted by Crippen LogP contribution is -2.59. The lowest BCUT2D eigenvalue weighted by molar-refractivity contribution is -0.148. The highest BCUT2D eigenvalue weighted by Crippen LogP contribution is 2.20. The molecule has 3 N–H and O–H groups in total. The zero-order valence-corrected chi connectivity index (χ0v) is 10.9. The molecule has 6 nitrogen and oxygen atoms in total. The van der Waals surface area contributed by atoms with E-state index in [9.17, 15) is 14.7 Å². The summed E-state index contributed by atoms with van der Waals surface area (Å²) >= 11 is 0. The molecule has 1 aliphatic rings. The van der Waals surface area contributed by atoms with E-state index in [2.05, 4.69) is 16.6 Å². The Bertz CT molecular complexity index is 356. The van der Waals surface area contributed by atoms with Crippen LogP contribution in [0.4, 0.5) is 4.79 Å². The van der Waals surface area contributed by atoms with Gasteiger partial charge in [0.05, 0.1) is 0 Å². The Balaban J connectivity index is 2.36. The van der Waals surface area contributed by atoms with Crippen LogP contribution in [0.2, 0.25) is 0 Å². The van der Waals surface area contributed by atoms with E-state index in [0.29, 0.717) is 26.2 Å². The maximum absolute atomic E-state index is 11.7. The van der Waals surface area contributed by atoms with Crippen LogP contribution in [0.5, 0.6) is 0 Å². The van der Waals surface area contributed by atoms with Gasteiger partial charge in [-0.2, -0.15) is 0 Å². The molecule has 0 radical (unpaired) electrons. The van der Waals surface area contributed by atoms with Crippen LogP contribution in [0.15, 0.2) is 0 Å². The number of hydrogen-bond acceptors (Lipinski definition) is 3. The summed E-state index contributed by atoms with van der Waals surface area (Å²) < 4.78 is 5.13. The summed E-state index contributed by atoms with van der Waals surface area (Å²) in [6.07, 6.45) is 7.99. The van der Waals surface area contributed by atoms with Gasteiger partial charge in [0.15, 0.2) is 0 Å². The van der Waals surface area contributed by atoms with E-state index in [-0.39, 0.29) is 12.8 Å². The van der Waals surface area contributed by atoms with Crippen LogP contribution in [-0.2, 0) is 9.53 Å². The first-order valence-electron chi connectivity index (χ1n) is 6.41. The summed E-state index contributed by atoms with van der Waals surface area (Å²) in [4.78, 5) is 23.0. The first-order valence-corrected chi connectivity index (χ1v) is 6.41. The summed E-state index contributed by atoms with van der Waals surface area (Å²) in [5.41, 5.74) is -1.21. The number of carboxylic acids is 1. The predicted molar refractivity (Wildman–Crippen MR) is 69.6 cm³/mol. The smallest absolute Gasteiger partial charge is 0.329 e. The minimum absolute atomic E-state index is 0.285. The number of ether oxygens (including phenoxy) is 1. The SMILES string of the molecule is C#CCCCCNC(=O)NC1(C(=O)O)CCOCC1. The highest BCUT2D eigenvalue weighted by atomic mass is 16.5. The molecule has 0 aliphatic carbocycles. The molecule has 1 heterocycles. The van der Waals surface area contributed by atoms with Crippen molar-refractivity contribution in [1.82, 2.24) is 10.6 Å². The molecule has 6 heteroatoms. The molecule has 2 amide bonds. The molecule has 0 bridgehead atoms. The average Bonchev–Trinajstić information content (AvgIpc) is 2.39. The molecule has 0 atom stereocenters. The van der Waals surface area contributed by atoms with Gasteiger partial charge in [0.25, 0.3) is 0 Å². The second-order valence-corrected chi connectivity index (χ2v) is 4.54. The second-order valence-electron chi connectivity index (χ2n) is 4.54. The van der Waals surface area contributed by atoms with Crippen molar-refractivity contribution in [2.24, 2.45) is 0 Å². The molecule has 1 saturated heterocycles. The first kappa shape index (κ1) is 15.3. The number of urea groups is 1. The van der Waals surface area contributed by atoms with Gasteiger partial charge < -0.3 is 20.5 Å². The van der Waals surface area contributed by atoms with E-state index >= 15 is 0 Å². The van der Waals surface area contributed by atoms with E-state index < -0.39 is 17.5 Å². The number of carboxylic acid groups (broad SMARTS) is 1. The van der Waals surface area contributed by atoms with Crippen LogP contribution in [0.1, 0.15) is 32.1 Å². The first-order chi connectivity index (χ1) is 9.10. The van der Waals surface area contributed by atoms with Gasteiger partial charge in [0, 0.05) is 39.0 Å². The van der Waals surface area contributed by atoms with Gasteiger partial charge >= 0.3 is 12.0 Å². The van der Waals surface area contributed by atoms with Crippen LogP contribution in [0.3, 0.4) is 0 Å². The normalized spacial score (nSPS) is 17.2. The average molecular weight is 268 g/mol. The van der Waals surface area contributed by atoms with Gasteiger partial charge in [-0.1, -0.05) is 0 Å². The lowest BCUT2D eigenvalue weighted by Gasteiger charge is -2.33. The molecule has 1 rings (SSSR count). The zero-order chi connectivity index (χ0) is 14.1. The van der Waals surface area contributed by atoms with Crippen molar-refractivity contribution in [1.29, 1.82) is 0 Å². The van der Waals surface area contributed by atoms with E-state index in [0.717, 1.165) is 12.8 Å². The van der Waals surface area contributed by atoms with Crippen LogP contribution in [0.25, 0.3) is 0 Å². The Morgan fingerprint density at radius 1 is 1.32 bits per heavy atom. The minimum Gasteiger partial charge on any atom is -0.480 e. The molecule has 0 spiro atoms. The van der Waals surface area contributed by atoms with Crippen molar-refractivity contribution in [3.63, 3.8) is 0 Å². The molecular weight excluding hydrogens is 248 g/mol. The van der Waals surface area contributed by atoms with Gasteiger partial charge in [-0.15, -0.1) is 12.3 Å². The molecule has 0 aromatic carbocycles. The van der Waals surface area contributed by atoms with Gasteiger partial charge in [-0.3, -0.25) is 0 Å². The standard InChI is InChI=1S/C13H20N2O4/c1-2-3-4-5-8-14-12(18)15-13(11(16)17)6-9-19-10-7-13/h1H,3-10H2,(H,16,17)(H2,14,15,18). The van der Waals surface area contributed by atoms with Crippen LogP contribution in [0, 0.1) is 12.3 Å². The van der Waals surface area contributed by atoms with E-state index in [1.165, 1.54) is 0 Å². The Morgan fingerprint density at radius 2 is 2.00 bits per heavy atom. The van der Waals surface area contributed by atoms with E-state index in [1.807, 2.05) is 0 Å². The molecule has 1 fully saturated rings. The molecule has 0 saturated carbocycles. The van der Waals surface area contributed by atoms with Crippen LogP contribution in [-0.4, -0.2) is 42.4 Å². The third-order valence-corrected chi connectivity index (χ3v) is 3.14. The number of carbonyl (C=O) groups is 2. The molecule has 0 unspecified atom stereocenters. The summed E-state index contributed by atoms with van der Waals surface area (Å²) in [5.74, 6) is 1.51. The minimum atomic E-state index is -1.21. The Kier molecular flexibility index (Phi) is 6.16. The quantitative estimate of drug-likeness (QED) is 0.489. The highest BCUT2D eigenvalue weighted by Gasteiger charge is 2.41.